The van der Waals surface area contributed by atoms with E-state index in [4.69, 9.17) is 9.47 Å². The normalized spacial score (nSPS) is 20.9. The quantitative estimate of drug-likeness (QED) is 0.848. The molecule has 1 spiro atoms. The van der Waals surface area contributed by atoms with E-state index in [9.17, 15) is 4.79 Å². The molecule has 0 N–H and O–H groups in total. The summed E-state index contributed by atoms with van der Waals surface area (Å²) < 4.78 is 13.7. The average molecular weight is 328 g/mol. The predicted molar refractivity (Wildman–Crippen MR) is 93.1 cm³/mol. The molecule has 2 aliphatic rings. The van der Waals surface area contributed by atoms with E-state index >= 15 is 0 Å². The van der Waals surface area contributed by atoms with Crippen LogP contribution in [0.4, 0.5) is 0 Å². The highest BCUT2D eigenvalue weighted by atomic mass is 16.7. The molecular weight excluding hydrogens is 304 g/mol. The molecule has 0 radical (unpaired) electrons. The number of nitrogens with zero attached hydrogens (tertiary/aromatic N) is 2. The Labute approximate surface area is 141 Å². The first-order valence-corrected chi connectivity index (χ1v) is 8.67. The zero-order chi connectivity index (χ0) is 16.7. The van der Waals surface area contributed by atoms with E-state index < -0.39 is 0 Å². The van der Waals surface area contributed by atoms with Crippen molar-refractivity contribution in [2.24, 2.45) is 7.05 Å². The van der Waals surface area contributed by atoms with Crippen molar-refractivity contribution in [2.75, 3.05) is 26.3 Å². The van der Waals surface area contributed by atoms with E-state index in [2.05, 4.69) is 9.47 Å². The van der Waals surface area contributed by atoms with Gasteiger partial charge in [-0.15, -0.1) is 0 Å². The SMILES string of the molecule is Cc1c(CN2CCC3(CC2)OCCO3)c(=O)c2ccccc2n1C. The molecule has 0 bridgehead atoms. The molecular formula is C19H24N2O3. The van der Waals surface area contributed by atoms with Gasteiger partial charge in [-0.05, 0) is 19.1 Å². The third-order valence-corrected chi connectivity index (χ3v) is 5.54. The third-order valence-electron chi connectivity index (χ3n) is 5.54. The summed E-state index contributed by atoms with van der Waals surface area (Å²) >= 11 is 0. The fraction of sp³-hybridized carbons (Fsp3) is 0.526. The van der Waals surface area contributed by atoms with Crippen LogP contribution in [0.1, 0.15) is 24.1 Å². The van der Waals surface area contributed by atoms with Crippen molar-refractivity contribution in [3.05, 3.63) is 45.7 Å². The van der Waals surface area contributed by atoms with Crippen molar-refractivity contribution in [2.45, 2.75) is 32.1 Å². The summed E-state index contributed by atoms with van der Waals surface area (Å²) in [6.45, 7) is 5.93. The number of ether oxygens (including phenoxy) is 2. The highest BCUT2D eigenvalue weighted by Crippen LogP contribution is 2.31. The molecule has 4 rings (SSSR count). The van der Waals surface area contributed by atoms with E-state index in [-0.39, 0.29) is 11.2 Å². The molecule has 0 aliphatic carbocycles. The standard InChI is InChI=1S/C19H24N2O3/c1-14-16(18(22)15-5-3-4-6-17(15)20(14)2)13-21-9-7-19(8-10-21)23-11-12-24-19/h3-6H,7-13H2,1-2H3. The molecule has 2 aliphatic heterocycles. The van der Waals surface area contributed by atoms with Crippen molar-refractivity contribution in [1.82, 2.24) is 9.47 Å². The molecule has 0 atom stereocenters. The second kappa shape index (κ2) is 5.99. The first-order chi connectivity index (χ1) is 11.6. The summed E-state index contributed by atoms with van der Waals surface area (Å²) in [4.78, 5) is 15.3. The smallest absolute Gasteiger partial charge is 0.194 e. The fourth-order valence-corrected chi connectivity index (χ4v) is 3.92. The Morgan fingerprint density at radius 2 is 1.79 bits per heavy atom. The van der Waals surface area contributed by atoms with Gasteiger partial charge in [-0.3, -0.25) is 9.69 Å². The average Bonchev–Trinajstić information content (AvgIpc) is 3.07. The first kappa shape index (κ1) is 15.8. The largest absolute Gasteiger partial charge is 0.347 e. The second-order valence-corrected chi connectivity index (χ2v) is 6.85. The van der Waals surface area contributed by atoms with Gasteiger partial charge in [0.2, 0.25) is 0 Å². The lowest BCUT2D eigenvalue weighted by Crippen LogP contribution is -2.45. The Morgan fingerprint density at radius 3 is 2.50 bits per heavy atom. The summed E-state index contributed by atoms with van der Waals surface area (Å²) in [6.07, 6.45) is 1.75. The number of aryl methyl sites for hydroxylation is 1. The summed E-state index contributed by atoms with van der Waals surface area (Å²) in [5.74, 6) is -0.361. The van der Waals surface area contributed by atoms with Crippen LogP contribution in [0.2, 0.25) is 0 Å². The Bertz CT molecular complexity index is 811. The van der Waals surface area contributed by atoms with Crippen LogP contribution in [0.15, 0.2) is 29.1 Å². The van der Waals surface area contributed by atoms with Crippen molar-refractivity contribution in [3.63, 3.8) is 0 Å². The second-order valence-electron chi connectivity index (χ2n) is 6.85. The van der Waals surface area contributed by atoms with Gasteiger partial charge in [0.15, 0.2) is 11.2 Å². The lowest BCUT2D eigenvalue weighted by molar-refractivity contribution is -0.185. The molecule has 5 heteroatoms. The lowest BCUT2D eigenvalue weighted by Gasteiger charge is -2.37. The van der Waals surface area contributed by atoms with Gasteiger partial charge in [-0.25, -0.2) is 0 Å². The van der Waals surface area contributed by atoms with Crippen LogP contribution in [0.3, 0.4) is 0 Å². The predicted octanol–water partition coefficient (Wildman–Crippen LogP) is 2.19. The van der Waals surface area contributed by atoms with E-state index in [1.807, 2.05) is 38.2 Å². The van der Waals surface area contributed by atoms with Crippen LogP contribution in [-0.4, -0.2) is 41.6 Å². The molecule has 24 heavy (non-hydrogen) atoms. The minimum Gasteiger partial charge on any atom is -0.347 e. The van der Waals surface area contributed by atoms with E-state index in [1.54, 1.807) is 0 Å². The van der Waals surface area contributed by atoms with Gasteiger partial charge in [0.05, 0.1) is 18.7 Å². The Morgan fingerprint density at radius 1 is 1.12 bits per heavy atom. The maximum atomic E-state index is 12.9. The van der Waals surface area contributed by atoms with Crippen molar-refractivity contribution in [1.29, 1.82) is 0 Å². The number of piperidine rings is 1. The minimum absolute atomic E-state index is 0.162. The van der Waals surface area contributed by atoms with Gasteiger partial charge in [0.25, 0.3) is 0 Å². The monoisotopic (exact) mass is 328 g/mol. The fourth-order valence-electron chi connectivity index (χ4n) is 3.92. The Hall–Kier alpha value is -1.69. The number of pyridine rings is 1. The van der Waals surface area contributed by atoms with Crippen LogP contribution in [0.5, 0.6) is 0 Å². The molecule has 0 amide bonds. The molecule has 1 aromatic carbocycles. The number of aromatic nitrogens is 1. The summed E-state index contributed by atoms with van der Waals surface area (Å²) in [7, 11) is 2.03. The summed E-state index contributed by atoms with van der Waals surface area (Å²) in [6, 6.07) is 7.84. The van der Waals surface area contributed by atoms with Crippen LogP contribution >= 0.6 is 0 Å². The molecule has 2 aromatic rings. The molecule has 0 saturated carbocycles. The number of likely N-dealkylation sites (tertiary alicyclic amines) is 1. The molecule has 0 unspecified atom stereocenters. The number of benzene rings is 1. The van der Waals surface area contributed by atoms with Gasteiger partial charge >= 0.3 is 0 Å². The van der Waals surface area contributed by atoms with E-state index in [0.29, 0.717) is 19.8 Å². The van der Waals surface area contributed by atoms with Gasteiger partial charge in [-0.1, -0.05) is 12.1 Å². The van der Waals surface area contributed by atoms with Gasteiger partial charge < -0.3 is 14.0 Å². The number of fused-ring (bicyclic) bond motifs is 1. The molecule has 2 saturated heterocycles. The van der Waals surface area contributed by atoms with E-state index in [1.165, 1.54) is 0 Å². The molecule has 5 nitrogen and oxygen atoms in total. The highest BCUT2D eigenvalue weighted by molar-refractivity contribution is 5.80. The van der Waals surface area contributed by atoms with Crippen molar-refractivity contribution >= 4 is 10.9 Å². The van der Waals surface area contributed by atoms with Crippen LogP contribution < -0.4 is 5.43 Å². The van der Waals surface area contributed by atoms with Crippen LogP contribution in [0, 0.1) is 6.92 Å². The van der Waals surface area contributed by atoms with E-state index in [0.717, 1.165) is 48.1 Å². The zero-order valence-corrected chi connectivity index (χ0v) is 14.4. The topological polar surface area (TPSA) is 43.7 Å². The van der Waals surface area contributed by atoms with Crippen molar-refractivity contribution in [3.8, 4) is 0 Å². The summed E-state index contributed by atoms with van der Waals surface area (Å²) in [5, 5.41) is 0.802. The molecule has 2 fully saturated rings. The number of hydrogen-bond acceptors (Lipinski definition) is 4. The number of para-hydroxylation sites is 1. The van der Waals surface area contributed by atoms with Crippen LogP contribution in [0.25, 0.3) is 10.9 Å². The highest BCUT2D eigenvalue weighted by Gasteiger charge is 2.39. The summed E-state index contributed by atoms with van der Waals surface area (Å²) in [5.41, 5.74) is 3.11. The van der Waals surface area contributed by atoms with Crippen molar-refractivity contribution < 1.29 is 9.47 Å². The first-order valence-electron chi connectivity index (χ1n) is 8.67. The number of hydrogen-bond donors (Lipinski definition) is 0. The number of rotatable bonds is 2. The Balaban J connectivity index is 1.60. The van der Waals surface area contributed by atoms with Crippen LogP contribution in [-0.2, 0) is 23.1 Å². The Kier molecular flexibility index (Phi) is 3.95. The molecule has 3 heterocycles. The molecule has 1 aromatic heterocycles. The van der Waals surface area contributed by atoms with Gasteiger partial charge in [-0.2, -0.15) is 0 Å². The molecule has 128 valence electrons. The lowest BCUT2D eigenvalue weighted by atomic mass is 10.0. The maximum Gasteiger partial charge on any atom is 0.194 e. The zero-order valence-electron chi connectivity index (χ0n) is 14.4. The minimum atomic E-state index is -0.361. The van der Waals surface area contributed by atoms with Gasteiger partial charge in [0, 0.05) is 56.2 Å². The maximum absolute atomic E-state index is 12.9. The van der Waals surface area contributed by atoms with Gasteiger partial charge in [0.1, 0.15) is 0 Å². The third kappa shape index (κ3) is 2.57.